The number of hydrogen-bond donors (Lipinski definition) is 3. The minimum Gasteiger partial charge on any atom is -0.394 e. The Morgan fingerprint density at radius 3 is 1.87 bits per heavy atom. The first-order chi connectivity index (χ1) is 14.7. The van der Waals surface area contributed by atoms with Crippen LogP contribution in [-0.4, -0.2) is 59.6 Å². The Balaban J connectivity index is 1.83. The maximum atomic E-state index is 9.84. The van der Waals surface area contributed by atoms with Crippen molar-refractivity contribution in [3.8, 4) is 0 Å². The van der Waals surface area contributed by atoms with E-state index in [1.807, 2.05) is 0 Å². The quantitative estimate of drug-likeness (QED) is 0.190. The van der Waals surface area contributed by atoms with Gasteiger partial charge >= 0.3 is 0 Å². The van der Waals surface area contributed by atoms with Crippen molar-refractivity contribution < 1.29 is 24.8 Å². The molecule has 0 spiro atoms. The molecule has 0 unspecified atom stereocenters. The van der Waals surface area contributed by atoms with Crippen LogP contribution in [0.15, 0.2) is 12.2 Å². The van der Waals surface area contributed by atoms with E-state index in [-0.39, 0.29) is 13.2 Å². The molecule has 1 aliphatic rings. The van der Waals surface area contributed by atoms with Crippen LogP contribution in [0.5, 0.6) is 0 Å². The second kappa shape index (κ2) is 19.2. The van der Waals surface area contributed by atoms with Gasteiger partial charge in [0.1, 0.15) is 24.4 Å². The Morgan fingerprint density at radius 1 is 0.833 bits per heavy atom. The summed E-state index contributed by atoms with van der Waals surface area (Å²) >= 11 is 0. The number of aliphatic hydroxyl groups excluding tert-OH is 3. The highest BCUT2D eigenvalue weighted by molar-refractivity contribution is 4.88. The third-order valence-corrected chi connectivity index (χ3v) is 5.97. The van der Waals surface area contributed by atoms with E-state index in [4.69, 9.17) is 9.47 Å². The van der Waals surface area contributed by atoms with Gasteiger partial charge in [0.15, 0.2) is 0 Å². The molecule has 0 aliphatic carbocycles. The zero-order chi connectivity index (χ0) is 21.9. The fourth-order valence-corrected chi connectivity index (χ4v) is 3.97. The molecule has 0 radical (unpaired) electrons. The third kappa shape index (κ3) is 13.1. The fourth-order valence-electron chi connectivity index (χ4n) is 3.97. The molecular weight excluding hydrogens is 380 g/mol. The van der Waals surface area contributed by atoms with Gasteiger partial charge in [-0.2, -0.15) is 0 Å². The monoisotopic (exact) mass is 428 g/mol. The van der Waals surface area contributed by atoms with Crippen molar-refractivity contribution in [1.82, 2.24) is 0 Å². The SMILES string of the molecule is CCCCCC/C=C/CCCCCCCCCCCO[C@@H](CO)[C@H]1OC[C@@H](O)[C@H]1O. The van der Waals surface area contributed by atoms with Gasteiger partial charge in [0, 0.05) is 6.61 Å². The molecule has 4 atom stereocenters. The predicted octanol–water partition coefficient (Wildman–Crippen LogP) is 4.91. The van der Waals surface area contributed by atoms with Crippen molar-refractivity contribution >= 4 is 0 Å². The van der Waals surface area contributed by atoms with Gasteiger partial charge in [0.05, 0.1) is 13.2 Å². The molecule has 0 saturated carbocycles. The summed E-state index contributed by atoms with van der Waals surface area (Å²) in [6.45, 7) is 2.71. The van der Waals surface area contributed by atoms with Gasteiger partial charge in [0.25, 0.3) is 0 Å². The maximum absolute atomic E-state index is 9.84. The van der Waals surface area contributed by atoms with Gasteiger partial charge in [-0.1, -0.05) is 83.3 Å². The fraction of sp³-hybridized carbons (Fsp3) is 0.920. The predicted molar refractivity (Wildman–Crippen MR) is 123 cm³/mol. The van der Waals surface area contributed by atoms with Gasteiger partial charge in [-0.3, -0.25) is 0 Å². The molecule has 178 valence electrons. The summed E-state index contributed by atoms with van der Waals surface area (Å²) < 4.78 is 11.0. The van der Waals surface area contributed by atoms with Crippen molar-refractivity contribution in [2.75, 3.05) is 19.8 Å². The molecule has 3 N–H and O–H groups in total. The van der Waals surface area contributed by atoms with E-state index in [1.54, 1.807) is 0 Å². The van der Waals surface area contributed by atoms with Crippen molar-refractivity contribution in [3.05, 3.63) is 12.2 Å². The Kier molecular flexibility index (Phi) is 17.7. The summed E-state index contributed by atoms with van der Waals surface area (Å²) in [7, 11) is 0. The molecule has 0 aromatic rings. The van der Waals surface area contributed by atoms with E-state index >= 15 is 0 Å². The van der Waals surface area contributed by atoms with Crippen LogP contribution in [0.1, 0.15) is 103 Å². The van der Waals surface area contributed by atoms with Crippen LogP contribution in [0.25, 0.3) is 0 Å². The minimum atomic E-state index is -0.978. The molecule has 0 aromatic heterocycles. The topological polar surface area (TPSA) is 79.2 Å². The number of allylic oxidation sites excluding steroid dienone is 2. The van der Waals surface area contributed by atoms with Crippen molar-refractivity contribution in [2.24, 2.45) is 0 Å². The highest BCUT2D eigenvalue weighted by Gasteiger charge is 2.40. The van der Waals surface area contributed by atoms with Crippen LogP contribution in [0.4, 0.5) is 0 Å². The summed E-state index contributed by atoms with van der Waals surface area (Å²) in [5.41, 5.74) is 0. The standard InChI is InChI=1S/C25H48O5/c1-2-3-4-5-6-7-8-9-10-11-12-13-14-15-16-17-18-19-29-23(20-26)25-24(28)22(27)21-30-25/h7-8,22-28H,2-6,9-21H2,1H3/b8-7+/t22-,23+,24-,25-/m1/s1. The maximum Gasteiger partial charge on any atom is 0.114 e. The molecule has 0 aromatic carbocycles. The lowest BCUT2D eigenvalue weighted by Crippen LogP contribution is -2.42. The summed E-state index contributed by atoms with van der Waals surface area (Å²) in [4.78, 5) is 0. The molecule has 30 heavy (non-hydrogen) atoms. The Morgan fingerprint density at radius 2 is 1.37 bits per heavy atom. The first kappa shape index (κ1) is 27.6. The molecule has 1 fully saturated rings. The molecule has 1 heterocycles. The van der Waals surface area contributed by atoms with E-state index in [0.717, 1.165) is 12.8 Å². The van der Waals surface area contributed by atoms with Gasteiger partial charge in [-0.05, 0) is 32.1 Å². The highest BCUT2D eigenvalue weighted by atomic mass is 16.6. The summed E-state index contributed by atoms with van der Waals surface area (Å²) in [5.74, 6) is 0. The number of aliphatic hydroxyl groups is 3. The molecule has 5 heteroatoms. The van der Waals surface area contributed by atoms with Crippen molar-refractivity contribution in [2.45, 2.75) is 128 Å². The zero-order valence-corrected chi connectivity index (χ0v) is 19.4. The second-order valence-electron chi connectivity index (χ2n) is 8.74. The lowest BCUT2D eigenvalue weighted by molar-refractivity contribution is -0.101. The normalized spacial score (nSPS) is 22.9. The molecule has 1 saturated heterocycles. The molecule has 0 amide bonds. The van der Waals surface area contributed by atoms with Crippen molar-refractivity contribution in [1.29, 1.82) is 0 Å². The number of rotatable bonds is 20. The molecule has 0 bridgehead atoms. The van der Waals surface area contributed by atoms with Gasteiger partial charge in [-0.25, -0.2) is 0 Å². The molecule has 5 nitrogen and oxygen atoms in total. The summed E-state index contributed by atoms with van der Waals surface area (Å²) in [6.07, 6.45) is 20.8. The smallest absolute Gasteiger partial charge is 0.114 e. The molecule has 1 rings (SSSR count). The van der Waals surface area contributed by atoms with E-state index in [1.165, 1.54) is 83.5 Å². The first-order valence-electron chi connectivity index (χ1n) is 12.6. The minimum absolute atomic E-state index is 0.0987. The molecule has 1 aliphatic heterocycles. The van der Waals surface area contributed by atoms with E-state index in [9.17, 15) is 15.3 Å². The summed E-state index contributed by atoms with van der Waals surface area (Å²) in [6, 6.07) is 0. The third-order valence-electron chi connectivity index (χ3n) is 5.97. The lowest BCUT2D eigenvalue weighted by atomic mass is 10.1. The van der Waals surface area contributed by atoms with Gasteiger partial charge < -0.3 is 24.8 Å². The van der Waals surface area contributed by atoms with Crippen LogP contribution in [0, 0.1) is 0 Å². The van der Waals surface area contributed by atoms with E-state index in [2.05, 4.69) is 19.1 Å². The number of hydrogen-bond acceptors (Lipinski definition) is 5. The zero-order valence-electron chi connectivity index (χ0n) is 19.4. The van der Waals surface area contributed by atoms with Gasteiger partial charge in [-0.15, -0.1) is 0 Å². The Bertz CT molecular complexity index is 401. The number of unbranched alkanes of at least 4 members (excludes halogenated alkanes) is 13. The van der Waals surface area contributed by atoms with Crippen molar-refractivity contribution in [3.63, 3.8) is 0 Å². The lowest BCUT2D eigenvalue weighted by Gasteiger charge is -2.24. The number of ether oxygens (including phenoxy) is 2. The largest absolute Gasteiger partial charge is 0.394 e. The summed E-state index contributed by atoms with van der Waals surface area (Å²) in [5, 5.41) is 28.8. The van der Waals surface area contributed by atoms with Crippen LogP contribution in [0.3, 0.4) is 0 Å². The van der Waals surface area contributed by atoms with Crippen LogP contribution in [-0.2, 0) is 9.47 Å². The first-order valence-corrected chi connectivity index (χ1v) is 12.6. The average Bonchev–Trinajstić information content (AvgIpc) is 3.08. The Labute approximate surface area is 184 Å². The van der Waals surface area contributed by atoms with Crippen LogP contribution >= 0.6 is 0 Å². The van der Waals surface area contributed by atoms with E-state index < -0.39 is 24.4 Å². The van der Waals surface area contributed by atoms with E-state index in [0.29, 0.717) is 6.61 Å². The van der Waals surface area contributed by atoms with Crippen LogP contribution < -0.4 is 0 Å². The van der Waals surface area contributed by atoms with Crippen LogP contribution in [0.2, 0.25) is 0 Å². The molecular formula is C25H48O5. The van der Waals surface area contributed by atoms with Gasteiger partial charge in [0.2, 0.25) is 0 Å². The average molecular weight is 429 g/mol. The highest BCUT2D eigenvalue weighted by Crippen LogP contribution is 2.20. The second-order valence-corrected chi connectivity index (χ2v) is 8.74. The Hall–Kier alpha value is -0.460.